The average Bonchev–Trinajstić information content (AvgIpc) is 3.40. The lowest BCUT2D eigenvalue weighted by atomic mass is 9.44. The second-order valence-corrected chi connectivity index (χ2v) is 15.0. The van der Waals surface area contributed by atoms with Crippen LogP contribution in [0.1, 0.15) is 85.5 Å². The maximum absolute atomic E-state index is 13.0. The number of hydrogen-bond acceptors (Lipinski definition) is 5. The number of ether oxygens (including phenoxy) is 2. The number of carbonyl (C=O) groups is 1. The van der Waals surface area contributed by atoms with E-state index in [-0.39, 0.29) is 35.0 Å². The Bertz CT molecular complexity index is 1180. The summed E-state index contributed by atoms with van der Waals surface area (Å²) in [5.41, 5.74) is 4.87. The van der Waals surface area contributed by atoms with Crippen molar-refractivity contribution in [1.82, 2.24) is 5.43 Å². The number of hydrogen-bond donors (Lipinski definition) is 3. The molecule has 0 unspecified atom stereocenters. The van der Waals surface area contributed by atoms with Gasteiger partial charge < -0.3 is 19.9 Å². The van der Waals surface area contributed by atoms with E-state index in [0.717, 1.165) is 63.0 Å². The number of rotatable bonds is 2. The van der Waals surface area contributed by atoms with Crippen LogP contribution < -0.4 is 10.7 Å². The summed E-state index contributed by atoms with van der Waals surface area (Å²) in [7, 11) is 0. The molecule has 2 amide bonds. The lowest BCUT2D eigenvalue weighted by Gasteiger charge is -2.61. The molecule has 2 saturated heterocycles. The van der Waals surface area contributed by atoms with Gasteiger partial charge in [-0.1, -0.05) is 45.9 Å². The van der Waals surface area contributed by atoms with Gasteiger partial charge in [0.15, 0.2) is 5.79 Å². The molecule has 7 heteroatoms. The molecule has 1 aromatic rings. The van der Waals surface area contributed by atoms with E-state index in [1.807, 2.05) is 30.3 Å². The number of amides is 2. The summed E-state index contributed by atoms with van der Waals surface area (Å²) >= 11 is 0. The van der Waals surface area contributed by atoms with Crippen LogP contribution in [0.2, 0.25) is 0 Å². The third-order valence-electron chi connectivity index (χ3n) is 13.1. The zero-order chi connectivity index (χ0) is 28.6. The van der Waals surface area contributed by atoms with Gasteiger partial charge in [0.25, 0.3) is 0 Å². The van der Waals surface area contributed by atoms with Gasteiger partial charge in [-0.05, 0) is 98.5 Å². The predicted molar refractivity (Wildman–Crippen MR) is 159 cm³/mol. The fourth-order valence-electron chi connectivity index (χ4n) is 10.9. The maximum atomic E-state index is 13.0. The van der Waals surface area contributed by atoms with Crippen molar-refractivity contribution >= 4 is 17.4 Å². The topological polar surface area (TPSA) is 92.2 Å². The average molecular weight is 564 g/mol. The van der Waals surface area contributed by atoms with E-state index in [4.69, 9.17) is 14.6 Å². The molecule has 4 saturated carbocycles. The summed E-state index contributed by atoms with van der Waals surface area (Å²) in [6.45, 7) is 10.3. The van der Waals surface area contributed by atoms with Gasteiger partial charge in [0, 0.05) is 35.1 Å². The van der Waals surface area contributed by atoms with Gasteiger partial charge in [-0.3, -0.25) is 0 Å². The number of nitrogens with zero attached hydrogens (tertiary/aromatic N) is 1. The number of anilines is 1. The highest BCUT2D eigenvalue weighted by atomic mass is 16.7. The van der Waals surface area contributed by atoms with Gasteiger partial charge in [-0.15, -0.1) is 0 Å². The number of hydrazone groups is 1. The van der Waals surface area contributed by atoms with E-state index in [2.05, 4.69) is 38.4 Å². The lowest BCUT2D eigenvalue weighted by Crippen LogP contribution is -2.58. The van der Waals surface area contributed by atoms with E-state index in [1.165, 1.54) is 12.8 Å². The van der Waals surface area contributed by atoms with E-state index in [1.54, 1.807) is 0 Å². The second kappa shape index (κ2) is 10.1. The van der Waals surface area contributed by atoms with Crippen LogP contribution in [0.15, 0.2) is 35.4 Å². The van der Waals surface area contributed by atoms with Gasteiger partial charge in [0.05, 0.1) is 18.8 Å². The first-order chi connectivity index (χ1) is 19.6. The largest absolute Gasteiger partial charge is 0.393 e. The van der Waals surface area contributed by atoms with Gasteiger partial charge in [0.2, 0.25) is 0 Å². The van der Waals surface area contributed by atoms with Crippen LogP contribution >= 0.6 is 0 Å². The Kier molecular flexibility index (Phi) is 6.83. The van der Waals surface area contributed by atoms with E-state index >= 15 is 0 Å². The Balaban J connectivity index is 1.22. The van der Waals surface area contributed by atoms with Crippen LogP contribution in [0.4, 0.5) is 10.5 Å². The number of nitrogens with one attached hydrogen (secondary N) is 2. The molecular weight excluding hydrogens is 514 g/mol. The lowest BCUT2D eigenvalue weighted by molar-refractivity contribution is -0.272. The van der Waals surface area contributed by atoms with Crippen LogP contribution in [0.5, 0.6) is 0 Å². The number of benzene rings is 1. The van der Waals surface area contributed by atoms with Crippen molar-refractivity contribution in [2.45, 2.75) is 103 Å². The van der Waals surface area contributed by atoms with Crippen molar-refractivity contribution < 1.29 is 19.4 Å². The molecule has 12 atom stereocenters. The molecule has 7 nitrogen and oxygen atoms in total. The Labute approximate surface area is 245 Å². The molecule has 3 N–H and O–H groups in total. The zero-order valence-electron chi connectivity index (χ0n) is 25.3. The first-order valence-electron chi connectivity index (χ1n) is 16.3. The summed E-state index contributed by atoms with van der Waals surface area (Å²) < 4.78 is 13.5. The van der Waals surface area contributed by atoms with Crippen molar-refractivity contribution in [2.24, 2.45) is 57.4 Å². The van der Waals surface area contributed by atoms with E-state index < -0.39 is 5.79 Å². The van der Waals surface area contributed by atoms with E-state index in [9.17, 15) is 9.90 Å². The molecule has 2 heterocycles. The highest BCUT2D eigenvalue weighted by Crippen LogP contribution is 2.70. The number of para-hydroxylation sites is 1. The molecule has 0 bridgehead atoms. The van der Waals surface area contributed by atoms with Crippen LogP contribution in [0.3, 0.4) is 0 Å². The highest BCUT2D eigenvalue weighted by molar-refractivity contribution is 5.95. The third kappa shape index (κ3) is 4.31. The molecule has 0 radical (unpaired) electrons. The molecular formula is C34H49N3O4. The summed E-state index contributed by atoms with van der Waals surface area (Å²) in [4.78, 5) is 13.0. The SMILES string of the molecule is C[C@@H]1CC[C@@]2(OC1)O[C@H]1C[C@H]3[C@@H]4CC[C@H]5C[C@@H](O)CC[C@]5(C)[C@H]4C/C(=N\NC(=O)Nc4ccccc4)[C@]3(C)[C@H]1[C@@H]2C. The predicted octanol–water partition coefficient (Wildman–Crippen LogP) is 6.58. The highest BCUT2D eigenvalue weighted by Gasteiger charge is 2.71. The quantitative estimate of drug-likeness (QED) is 0.355. The van der Waals surface area contributed by atoms with Gasteiger partial charge in [0.1, 0.15) is 0 Å². The van der Waals surface area contributed by atoms with Crippen LogP contribution in [0, 0.1) is 52.3 Å². The molecule has 6 aliphatic rings. The Morgan fingerprint density at radius 2 is 1.83 bits per heavy atom. The fraction of sp³-hybridized carbons (Fsp3) is 0.765. The molecule has 6 fully saturated rings. The first kappa shape index (κ1) is 27.8. The van der Waals surface area contributed by atoms with Crippen molar-refractivity contribution in [3.8, 4) is 0 Å². The Hall–Kier alpha value is -1.96. The minimum absolute atomic E-state index is 0.154. The van der Waals surface area contributed by atoms with Crippen LogP contribution in [-0.4, -0.2) is 41.5 Å². The molecule has 7 rings (SSSR count). The molecule has 1 aromatic carbocycles. The fourth-order valence-corrected chi connectivity index (χ4v) is 10.9. The third-order valence-corrected chi connectivity index (χ3v) is 13.1. The first-order valence-corrected chi connectivity index (χ1v) is 16.3. The maximum Gasteiger partial charge on any atom is 0.339 e. The summed E-state index contributed by atoms with van der Waals surface area (Å²) in [5, 5.41) is 18.5. The Morgan fingerprint density at radius 1 is 1.02 bits per heavy atom. The molecule has 2 aliphatic heterocycles. The second-order valence-electron chi connectivity index (χ2n) is 15.0. The standard InChI is InChI=1S/C34H49N3O4/c1-20-12-15-34(40-19-20)21(2)30-28(41-34)17-27-25-11-10-22-16-24(38)13-14-32(22,3)26(25)18-29(33(27,30)4)36-37-31(39)35-23-8-6-5-7-9-23/h5-9,20-22,24-28,30,38H,10-19H2,1-4H3,(H2,35,37,39)/b36-29+/t20-,21+,22+,24+,25-,26+,27+,28+,30+,32+,33-,34-/m1/s1. The smallest absolute Gasteiger partial charge is 0.339 e. The molecule has 41 heavy (non-hydrogen) atoms. The zero-order valence-corrected chi connectivity index (χ0v) is 25.3. The van der Waals surface area contributed by atoms with E-state index in [0.29, 0.717) is 35.5 Å². The number of carbonyl (C=O) groups excluding carboxylic acids is 1. The summed E-state index contributed by atoms with van der Waals surface area (Å²) in [6.07, 6.45) is 9.39. The van der Waals surface area contributed by atoms with Crippen molar-refractivity contribution in [2.75, 3.05) is 11.9 Å². The molecule has 1 spiro atoms. The monoisotopic (exact) mass is 563 g/mol. The molecule has 224 valence electrons. The number of aliphatic hydroxyl groups excluding tert-OH is 1. The van der Waals surface area contributed by atoms with Crippen LogP contribution in [-0.2, 0) is 9.47 Å². The number of aliphatic hydroxyl groups is 1. The number of fused-ring (bicyclic) bond motifs is 7. The normalized spacial score (nSPS) is 49.6. The molecule has 0 aromatic heterocycles. The minimum atomic E-state index is -0.487. The van der Waals surface area contributed by atoms with Crippen LogP contribution in [0.25, 0.3) is 0 Å². The van der Waals surface area contributed by atoms with Crippen molar-refractivity contribution in [3.63, 3.8) is 0 Å². The van der Waals surface area contributed by atoms with Gasteiger partial charge in [-0.25, -0.2) is 10.2 Å². The van der Waals surface area contributed by atoms with Crippen molar-refractivity contribution in [1.29, 1.82) is 0 Å². The van der Waals surface area contributed by atoms with Gasteiger partial charge in [-0.2, -0.15) is 5.10 Å². The Morgan fingerprint density at radius 3 is 2.59 bits per heavy atom. The number of urea groups is 1. The van der Waals surface area contributed by atoms with Crippen molar-refractivity contribution in [3.05, 3.63) is 30.3 Å². The minimum Gasteiger partial charge on any atom is -0.393 e. The van der Waals surface area contributed by atoms with Gasteiger partial charge >= 0.3 is 6.03 Å². The summed E-state index contributed by atoms with van der Waals surface area (Å²) in [6, 6.07) is 9.25. The molecule has 4 aliphatic carbocycles. The summed E-state index contributed by atoms with van der Waals surface area (Å²) in [5.74, 6) is 2.84.